The minimum Gasteiger partial charge on any atom is -0.478 e. The number of nitro benzene ring substituents is 1. The van der Waals surface area contributed by atoms with Crippen LogP contribution in [0, 0.1) is 10.1 Å². The van der Waals surface area contributed by atoms with E-state index in [1.54, 1.807) is 0 Å². The van der Waals surface area contributed by atoms with E-state index in [0.717, 1.165) is 30.0 Å². The first-order valence-corrected chi connectivity index (χ1v) is 6.73. The fourth-order valence-corrected chi connectivity index (χ4v) is 2.17. The van der Waals surface area contributed by atoms with Crippen LogP contribution in [0.2, 0.25) is 0 Å². The molecule has 0 radical (unpaired) electrons. The molecule has 21 heavy (non-hydrogen) atoms. The molecule has 0 fully saturated rings. The lowest BCUT2D eigenvalue weighted by Gasteiger charge is -2.17. The third-order valence-electron chi connectivity index (χ3n) is 2.61. The van der Waals surface area contributed by atoms with Crippen molar-refractivity contribution in [2.45, 2.75) is 19.1 Å². The van der Waals surface area contributed by atoms with Gasteiger partial charge in [-0.05, 0) is 12.1 Å². The van der Waals surface area contributed by atoms with Crippen LogP contribution in [-0.2, 0) is 4.79 Å². The Morgan fingerprint density at radius 2 is 2.00 bits per heavy atom. The van der Waals surface area contributed by atoms with Gasteiger partial charge in [-0.15, -0.1) is 0 Å². The summed E-state index contributed by atoms with van der Waals surface area (Å²) >= 11 is 0.772. The first-order valence-electron chi connectivity index (χ1n) is 5.75. The fraction of sp³-hybridized carbons (Fsp3) is 0.333. The van der Waals surface area contributed by atoms with Gasteiger partial charge in [0.15, 0.2) is 5.12 Å². The number of carbonyl (C=O) groups excluding carboxylic acids is 1. The SMILES string of the molecule is CC(=O)SCC(O)C(O)c1ccc(C(=O)O)cc1[N+](=O)[O-]. The van der Waals surface area contributed by atoms with Crippen LogP contribution in [0.15, 0.2) is 18.2 Å². The lowest BCUT2D eigenvalue weighted by Crippen LogP contribution is -2.22. The molecule has 0 aliphatic heterocycles. The number of aromatic carboxylic acids is 1. The maximum Gasteiger partial charge on any atom is 0.335 e. The summed E-state index contributed by atoms with van der Waals surface area (Å²) in [4.78, 5) is 31.7. The Morgan fingerprint density at radius 1 is 1.38 bits per heavy atom. The predicted octanol–water partition coefficient (Wildman–Crippen LogP) is 0.967. The summed E-state index contributed by atoms with van der Waals surface area (Å²) in [5.41, 5.74) is -1.11. The van der Waals surface area contributed by atoms with Crippen LogP contribution in [0.25, 0.3) is 0 Å². The molecule has 0 aromatic heterocycles. The standard InChI is InChI=1S/C12H13NO7S/c1-6(14)21-5-10(15)11(16)8-3-2-7(12(17)18)4-9(8)13(19)20/h2-4,10-11,15-16H,5H2,1H3,(H,17,18). The van der Waals surface area contributed by atoms with E-state index in [9.17, 15) is 29.9 Å². The van der Waals surface area contributed by atoms with E-state index in [1.807, 2.05) is 0 Å². The highest BCUT2D eigenvalue weighted by atomic mass is 32.2. The normalized spacial score (nSPS) is 13.5. The van der Waals surface area contributed by atoms with Crippen LogP contribution >= 0.6 is 11.8 Å². The average Bonchev–Trinajstić information content (AvgIpc) is 2.42. The van der Waals surface area contributed by atoms with E-state index in [1.165, 1.54) is 6.92 Å². The van der Waals surface area contributed by atoms with Crippen LogP contribution in [0.1, 0.15) is 28.9 Å². The quantitative estimate of drug-likeness (QED) is 0.521. The summed E-state index contributed by atoms with van der Waals surface area (Å²) in [5.74, 6) is -1.47. The van der Waals surface area contributed by atoms with Crippen LogP contribution in [0.4, 0.5) is 5.69 Å². The number of carboxylic acids is 1. The molecule has 0 aliphatic carbocycles. The van der Waals surface area contributed by atoms with Crippen LogP contribution in [0.3, 0.4) is 0 Å². The van der Waals surface area contributed by atoms with Gasteiger partial charge in [0, 0.05) is 18.7 Å². The Labute approximate surface area is 123 Å². The molecule has 0 saturated carbocycles. The number of hydrogen-bond acceptors (Lipinski definition) is 7. The number of thioether (sulfide) groups is 1. The van der Waals surface area contributed by atoms with Gasteiger partial charge < -0.3 is 15.3 Å². The number of aliphatic hydroxyl groups excluding tert-OH is 2. The summed E-state index contributed by atoms with van der Waals surface area (Å²) in [7, 11) is 0. The summed E-state index contributed by atoms with van der Waals surface area (Å²) in [6, 6.07) is 2.98. The Balaban J connectivity index is 3.08. The summed E-state index contributed by atoms with van der Waals surface area (Å²) in [6.45, 7) is 1.29. The van der Waals surface area contributed by atoms with Crippen molar-refractivity contribution in [3.05, 3.63) is 39.4 Å². The van der Waals surface area contributed by atoms with Crippen molar-refractivity contribution in [1.29, 1.82) is 0 Å². The van der Waals surface area contributed by atoms with E-state index in [0.29, 0.717) is 0 Å². The Hall–Kier alpha value is -1.97. The van der Waals surface area contributed by atoms with Crippen LogP contribution in [0.5, 0.6) is 0 Å². The number of hydrogen-bond donors (Lipinski definition) is 3. The van der Waals surface area contributed by atoms with Crippen molar-refractivity contribution in [3.63, 3.8) is 0 Å². The van der Waals surface area contributed by atoms with Gasteiger partial charge in [-0.1, -0.05) is 11.8 Å². The van der Waals surface area contributed by atoms with Crippen molar-refractivity contribution in [2.24, 2.45) is 0 Å². The zero-order valence-corrected chi connectivity index (χ0v) is 11.7. The molecular weight excluding hydrogens is 302 g/mol. The highest BCUT2D eigenvalue weighted by molar-refractivity contribution is 8.13. The van der Waals surface area contributed by atoms with Crippen molar-refractivity contribution >= 4 is 28.5 Å². The largest absolute Gasteiger partial charge is 0.478 e. The molecule has 114 valence electrons. The molecule has 2 atom stereocenters. The number of aliphatic hydroxyl groups is 2. The summed E-state index contributed by atoms with van der Waals surface area (Å²) in [5, 5.41) is 39.2. The molecule has 2 unspecified atom stereocenters. The lowest BCUT2D eigenvalue weighted by atomic mass is 10.0. The molecule has 1 aromatic rings. The van der Waals surface area contributed by atoms with Gasteiger partial charge in [-0.25, -0.2) is 4.79 Å². The average molecular weight is 315 g/mol. The molecule has 9 heteroatoms. The van der Waals surface area contributed by atoms with E-state index in [2.05, 4.69) is 0 Å². The lowest BCUT2D eigenvalue weighted by molar-refractivity contribution is -0.386. The second-order valence-corrected chi connectivity index (χ2v) is 5.35. The zero-order chi connectivity index (χ0) is 16.2. The van der Waals surface area contributed by atoms with Crippen molar-refractivity contribution in [2.75, 3.05) is 5.75 Å². The molecular formula is C12H13NO7S. The molecule has 0 amide bonds. The highest BCUT2D eigenvalue weighted by Gasteiger charge is 2.27. The zero-order valence-electron chi connectivity index (χ0n) is 10.9. The summed E-state index contributed by atoms with van der Waals surface area (Å²) < 4.78 is 0. The smallest absolute Gasteiger partial charge is 0.335 e. The van der Waals surface area contributed by atoms with E-state index in [-0.39, 0.29) is 22.0 Å². The van der Waals surface area contributed by atoms with Gasteiger partial charge in [0.2, 0.25) is 0 Å². The van der Waals surface area contributed by atoms with Crippen LogP contribution in [-0.4, -0.2) is 43.2 Å². The van der Waals surface area contributed by atoms with E-state index < -0.39 is 28.8 Å². The van der Waals surface area contributed by atoms with Gasteiger partial charge in [0.25, 0.3) is 5.69 Å². The van der Waals surface area contributed by atoms with E-state index in [4.69, 9.17) is 5.11 Å². The maximum atomic E-state index is 11.0. The van der Waals surface area contributed by atoms with Gasteiger partial charge in [0.05, 0.1) is 22.2 Å². The molecule has 0 spiro atoms. The number of nitrogens with zero attached hydrogens (tertiary/aromatic N) is 1. The van der Waals surface area contributed by atoms with Crippen LogP contribution < -0.4 is 0 Å². The van der Waals surface area contributed by atoms with Gasteiger partial charge in [-0.3, -0.25) is 14.9 Å². The number of carboxylic acid groups (broad SMARTS) is 1. The van der Waals surface area contributed by atoms with Gasteiger partial charge in [0.1, 0.15) is 6.10 Å². The minimum absolute atomic E-state index is 0.131. The molecule has 0 saturated heterocycles. The number of nitro groups is 1. The molecule has 1 aromatic carbocycles. The molecule has 0 aliphatic rings. The first kappa shape index (κ1) is 17.1. The van der Waals surface area contributed by atoms with Crippen molar-refractivity contribution in [1.82, 2.24) is 0 Å². The predicted molar refractivity (Wildman–Crippen MR) is 74.2 cm³/mol. The van der Waals surface area contributed by atoms with Gasteiger partial charge in [-0.2, -0.15) is 0 Å². The molecule has 8 nitrogen and oxygen atoms in total. The Kier molecular flexibility index (Phi) is 5.82. The second-order valence-electron chi connectivity index (χ2n) is 4.15. The first-order chi connectivity index (χ1) is 9.73. The Bertz CT molecular complexity index is 575. The highest BCUT2D eigenvalue weighted by Crippen LogP contribution is 2.29. The second kappa shape index (κ2) is 7.16. The molecule has 0 heterocycles. The molecule has 0 bridgehead atoms. The van der Waals surface area contributed by atoms with Crippen molar-refractivity contribution in [3.8, 4) is 0 Å². The minimum atomic E-state index is -1.60. The number of rotatable bonds is 6. The topological polar surface area (TPSA) is 138 Å². The third-order valence-corrected chi connectivity index (χ3v) is 3.53. The summed E-state index contributed by atoms with van der Waals surface area (Å²) in [6.07, 6.45) is -2.99. The van der Waals surface area contributed by atoms with Crippen molar-refractivity contribution < 1.29 is 29.8 Å². The maximum absolute atomic E-state index is 11.0. The fourth-order valence-electron chi connectivity index (χ4n) is 1.59. The Morgan fingerprint density at radius 3 is 2.48 bits per heavy atom. The van der Waals surface area contributed by atoms with E-state index >= 15 is 0 Å². The molecule has 1 rings (SSSR count). The number of benzene rings is 1. The third kappa shape index (κ3) is 4.52. The molecule has 3 N–H and O–H groups in total. The monoisotopic (exact) mass is 315 g/mol. The van der Waals surface area contributed by atoms with Gasteiger partial charge >= 0.3 is 5.97 Å². The number of carbonyl (C=O) groups is 2.